The molecule has 1 aliphatic heterocycles. The molecule has 2 heterocycles. The lowest BCUT2D eigenvalue weighted by molar-refractivity contribution is -0.137. The molecular formula is C21H16F3N3O2S. The highest BCUT2D eigenvalue weighted by atomic mass is 32.1. The number of aromatic nitrogens is 1. The molecule has 1 aromatic heterocycles. The molecule has 0 aliphatic carbocycles. The van der Waals surface area contributed by atoms with Crippen LogP contribution in [-0.2, 0) is 17.5 Å². The number of carbonyl (C=O) groups excluding carboxylic acids is 2. The fraction of sp³-hybridized carbons (Fsp3) is 0.190. The third-order valence-corrected chi connectivity index (χ3v) is 5.37. The van der Waals surface area contributed by atoms with Gasteiger partial charge in [0.2, 0.25) is 0 Å². The van der Waals surface area contributed by atoms with Crippen molar-refractivity contribution in [3.05, 3.63) is 65.9 Å². The van der Waals surface area contributed by atoms with Crippen molar-refractivity contribution < 1.29 is 22.8 Å². The molecule has 154 valence electrons. The second-order valence-electron chi connectivity index (χ2n) is 6.96. The zero-order valence-electron chi connectivity index (χ0n) is 15.7. The van der Waals surface area contributed by atoms with Crippen LogP contribution in [0.2, 0.25) is 0 Å². The van der Waals surface area contributed by atoms with Crippen molar-refractivity contribution in [2.75, 3.05) is 4.90 Å². The molecule has 1 saturated heterocycles. The molecule has 9 heteroatoms. The number of thiol groups is 1. The SMILES string of the molecule is C[C@@H]1C(=O)N(c2ccc(C(F)(F)F)cc2S)C(=O)N1Cc1ccc2ccccc2n1. The third-order valence-electron chi connectivity index (χ3n) is 5.01. The van der Waals surface area contributed by atoms with Crippen molar-refractivity contribution in [3.63, 3.8) is 0 Å². The maximum Gasteiger partial charge on any atom is 0.416 e. The van der Waals surface area contributed by atoms with E-state index in [-0.39, 0.29) is 17.1 Å². The number of hydrogen-bond donors (Lipinski definition) is 1. The number of urea groups is 1. The molecular weight excluding hydrogens is 415 g/mol. The molecule has 0 saturated carbocycles. The van der Waals surface area contributed by atoms with E-state index >= 15 is 0 Å². The molecule has 30 heavy (non-hydrogen) atoms. The fourth-order valence-corrected chi connectivity index (χ4v) is 3.71. The average molecular weight is 431 g/mol. The molecule has 5 nitrogen and oxygen atoms in total. The molecule has 0 unspecified atom stereocenters. The van der Waals surface area contributed by atoms with Gasteiger partial charge in [-0.1, -0.05) is 24.3 Å². The van der Waals surface area contributed by atoms with E-state index in [1.165, 1.54) is 4.90 Å². The van der Waals surface area contributed by atoms with Gasteiger partial charge in [0.1, 0.15) is 6.04 Å². The van der Waals surface area contributed by atoms with Crippen molar-refractivity contribution in [3.8, 4) is 0 Å². The van der Waals surface area contributed by atoms with Crippen LogP contribution in [0.1, 0.15) is 18.2 Å². The number of alkyl halides is 3. The second-order valence-corrected chi connectivity index (χ2v) is 7.44. The number of halogens is 3. The molecule has 1 fully saturated rings. The molecule has 3 amide bonds. The van der Waals surface area contributed by atoms with Crippen LogP contribution in [-0.4, -0.2) is 27.9 Å². The Labute approximate surface area is 175 Å². The normalized spacial score (nSPS) is 17.3. The van der Waals surface area contributed by atoms with Crippen LogP contribution in [0.4, 0.5) is 23.7 Å². The van der Waals surface area contributed by atoms with Gasteiger partial charge in [-0.25, -0.2) is 9.69 Å². The summed E-state index contributed by atoms with van der Waals surface area (Å²) in [6.07, 6.45) is -4.55. The smallest absolute Gasteiger partial charge is 0.306 e. The Balaban J connectivity index is 1.63. The number of benzene rings is 2. The molecule has 0 spiro atoms. The van der Waals surface area contributed by atoms with Gasteiger partial charge in [-0.3, -0.25) is 9.78 Å². The fourth-order valence-electron chi connectivity index (χ4n) is 3.39. The van der Waals surface area contributed by atoms with Gasteiger partial charge >= 0.3 is 12.2 Å². The van der Waals surface area contributed by atoms with E-state index in [0.717, 1.165) is 34.0 Å². The molecule has 0 radical (unpaired) electrons. The first-order chi connectivity index (χ1) is 14.2. The first-order valence-corrected chi connectivity index (χ1v) is 9.51. The van der Waals surface area contributed by atoms with Gasteiger partial charge in [0.05, 0.1) is 29.0 Å². The van der Waals surface area contributed by atoms with Crippen LogP contribution < -0.4 is 4.90 Å². The van der Waals surface area contributed by atoms with Crippen LogP contribution in [0.25, 0.3) is 10.9 Å². The summed E-state index contributed by atoms with van der Waals surface area (Å²) in [7, 11) is 0. The third kappa shape index (κ3) is 3.49. The van der Waals surface area contributed by atoms with Crippen LogP contribution in [0.3, 0.4) is 0 Å². The summed E-state index contributed by atoms with van der Waals surface area (Å²) in [5, 5.41) is 0.948. The summed E-state index contributed by atoms with van der Waals surface area (Å²) >= 11 is 4.08. The van der Waals surface area contributed by atoms with E-state index in [9.17, 15) is 22.8 Å². The Morgan fingerprint density at radius 1 is 1.07 bits per heavy atom. The largest absolute Gasteiger partial charge is 0.416 e. The Morgan fingerprint density at radius 3 is 2.50 bits per heavy atom. The van der Waals surface area contributed by atoms with Crippen molar-refractivity contribution in [1.29, 1.82) is 0 Å². The Hall–Kier alpha value is -3.07. The Morgan fingerprint density at radius 2 is 1.80 bits per heavy atom. The van der Waals surface area contributed by atoms with Gasteiger partial charge in [-0.05, 0) is 37.3 Å². The summed E-state index contributed by atoms with van der Waals surface area (Å²) < 4.78 is 38.7. The molecule has 0 N–H and O–H groups in total. The lowest BCUT2D eigenvalue weighted by Gasteiger charge is -2.20. The topological polar surface area (TPSA) is 53.5 Å². The van der Waals surface area contributed by atoms with Gasteiger partial charge in [0.25, 0.3) is 5.91 Å². The number of imide groups is 1. The minimum absolute atomic E-state index is 0.0159. The number of carbonyl (C=O) groups is 2. The van der Waals surface area contributed by atoms with Gasteiger partial charge in [0.15, 0.2) is 0 Å². The highest BCUT2D eigenvalue weighted by Gasteiger charge is 2.44. The highest BCUT2D eigenvalue weighted by Crippen LogP contribution is 2.36. The lowest BCUT2D eigenvalue weighted by Crippen LogP contribution is -2.34. The molecule has 1 aliphatic rings. The number of anilines is 1. The van der Waals surface area contributed by atoms with Crippen molar-refractivity contribution in [1.82, 2.24) is 9.88 Å². The summed E-state index contributed by atoms with van der Waals surface area (Å²) in [5.41, 5.74) is 0.475. The minimum atomic E-state index is -4.55. The van der Waals surface area contributed by atoms with Crippen LogP contribution in [0.5, 0.6) is 0 Å². The van der Waals surface area contributed by atoms with Crippen LogP contribution in [0, 0.1) is 0 Å². The zero-order chi connectivity index (χ0) is 21.6. The molecule has 4 rings (SSSR count). The molecule has 0 bridgehead atoms. The van der Waals surface area contributed by atoms with E-state index in [2.05, 4.69) is 17.6 Å². The quantitative estimate of drug-likeness (QED) is 0.474. The summed E-state index contributed by atoms with van der Waals surface area (Å²) in [6.45, 7) is 1.67. The number of rotatable bonds is 3. The molecule has 1 atom stereocenters. The Bertz CT molecular complexity index is 1170. The Kier molecular flexibility index (Phi) is 4.93. The predicted molar refractivity (Wildman–Crippen MR) is 108 cm³/mol. The van der Waals surface area contributed by atoms with Gasteiger partial charge in [0, 0.05) is 10.3 Å². The summed E-state index contributed by atoms with van der Waals surface area (Å²) in [4.78, 5) is 32.3. The standard InChI is InChI=1S/C21H16F3N3O2S/c1-12-19(28)27(17-9-7-14(10-18(17)30)21(22,23)24)20(29)26(12)11-15-8-6-13-4-2-3-5-16(13)25-15/h2-10,12,30H,11H2,1H3/t12-/m1/s1. The van der Waals surface area contributed by atoms with Crippen LogP contribution in [0.15, 0.2) is 59.5 Å². The van der Waals surface area contributed by atoms with E-state index in [1.54, 1.807) is 13.0 Å². The zero-order valence-corrected chi connectivity index (χ0v) is 16.6. The minimum Gasteiger partial charge on any atom is -0.306 e. The van der Waals surface area contributed by atoms with Crippen molar-refractivity contribution in [2.45, 2.75) is 30.6 Å². The molecule has 2 aromatic carbocycles. The van der Waals surface area contributed by atoms with Crippen molar-refractivity contribution in [2.24, 2.45) is 0 Å². The first-order valence-electron chi connectivity index (χ1n) is 9.06. The average Bonchev–Trinajstić information content (AvgIpc) is 2.91. The second kappa shape index (κ2) is 7.32. The predicted octanol–water partition coefficient (Wildman–Crippen LogP) is 4.90. The highest BCUT2D eigenvalue weighted by molar-refractivity contribution is 7.80. The maximum atomic E-state index is 13.0. The number of amides is 3. The van der Waals surface area contributed by atoms with E-state index in [4.69, 9.17) is 0 Å². The first kappa shape index (κ1) is 20.2. The number of pyridine rings is 1. The maximum absolute atomic E-state index is 13.0. The number of hydrogen-bond acceptors (Lipinski definition) is 4. The van der Waals surface area contributed by atoms with Gasteiger partial charge < -0.3 is 4.90 Å². The van der Waals surface area contributed by atoms with Gasteiger partial charge in [-0.15, -0.1) is 12.6 Å². The van der Waals surface area contributed by atoms with Crippen LogP contribution >= 0.6 is 12.6 Å². The van der Waals surface area contributed by atoms with Crippen molar-refractivity contribution >= 4 is 41.2 Å². The van der Waals surface area contributed by atoms with Gasteiger partial charge in [-0.2, -0.15) is 13.2 Å². The monoisotopic (exact) mass is 431 g/mol. The lowest BCUT2D eigenvalue weighted by atomic mass is 10.2. The van der Waals surface area contributed by atoms with E-state index in [1.807, 2.05) is 30.3 Å². The summed E-state index contributed by atoms with van der Waals surface area (Å²) in [6, 6.07) is 12.5. The number of nitrogens with zero attached hydrogens (tertiary/aromatic N) is 3. The summed E-state index contributed by atoms with van der Waals surface area (Å²) in [5.74, 6) is -0.532. The molecule has 3 aromatic rings. The van der Waals surface area contributed by atoms with E-state index < -0.39 is 29.7 Å². The van der Waals surface area contributed by atoms with E-state index in [0.29, 0.717) is 5.69 Å². The number of para-hydroxylation sites is 1. The number of fused-ring (bicyclic) bond motifs is 1.